The Labute approximate surface area is 121 Å². The van der Waals surface area contributed by atoms with E-state index >= 15 is 0 Å². The van der Waals surface area contributed by atoms with Gasteiger partial charge < -0.3 is 10.4 Å². The Morgan fingerprint density at radius 3 is 2.57 bits per heavy atom. The first kappa shape index (κ1) is 14.8. The molecule has 2 heterocycles. The number of carboxylic acid groups (broad SMARTS) is 1. The van der Waals surface area contributed by atoms with Gasteiger partial charge in [-0.3, -0.25) is 14.2 Å². The van der Waals surface area contributed by atoms with E-state index in [0.29, 0.717) is 11.4 Å². The molecule has 2 rings (SSSR count). The Bertz CT molecular complexity index is 679. The average Bonchev–Trinajstić information content (AvgIpc) is 2.98. The number of hydrogen-bond acceptors (Lipinski definition) is 4. The topological polar surface area (TPSA) is 102 Å². The second-order valence-corrected chi connectivity index (χ2v) is 5.29. The summed E-state index contributed by atoms with van der Waals surface area (Å²) in [6, 6.07) is 1.67. The molecule has 0 atom stereocenters. The van der Waals surface area contributed by atoms with E-state index in [1.165, 1.54) is 30.9 Å². The van der Waals surface area contributed by atoms with Gasteiger partial charge >= 0.3 is 5.97 Å². The normalized spacial score (nSPS) is 11.4. The summed E-state index contributed by atoms with van der Waals surface area (Å²) >= 11 is 0. The highest BCUT2D eigenvalue weighted by molar-refractivity contribution is 6.02. The molecule has 0 aliphatic heterocycles. The van der Waals surface area contributed by atoms with Crippen LogP contribution in [0.15, 0.2) is 18.5 Å². The van der Waals surface area contributed by atoms with Gasteiger partial charge in [0.2, 0.25) is 0 Å². The van der Waals surface area contributed by atoms with Gasteiger partial charge in [-0.05, 0) is 26.8 Å². The fourth-order valence-corrected chi connectivity index (χ4v) is 1.66. The van der Waals surface area contributed by atoms with Gasteiger partial charge in [-0.25, -0.2) is 4.79 Å². The fourth-order valence-electron chi connectivity index (χ4n) is 1.66. The summed E-state index contributed by atoms with van der Waals surface area (Å²) < 4.78 is 2.89. The lowest BCUT2D eigenvalue weighted by molar-refractivity contribution is -0.146. The van der Waals surface area contributed by atoms with Gasteiger partial charge in [0.1, 0.15) is 0 Å². The van der Waals surface area contributed by atoms with Gasteiger partial charge in [0.15, 0.2) is 11.2 Å². The monoisotopic (exact) mass is 291 g/mol. The summed E-state index contributed by atoms with van der Waals surface area (Å²) in [6.07, 6.45) is 2.88. The van der Waals surface area contributed by atoms with Crippen molar-refractivity contribution in [3.05, 3.63) is 29.8 Å². The standard InChI is InChI=1S/C13H17N5O3/c1-8-5-10(16-17(8)4)11(19)15-9-6-14-18(7-9)13(2,3)12(20)21/h5-7H,1-4H3,(H,15,19)(H,20,21). The predicted molar refractivity (Wildman–Crippen MR) is 75.1 cm³/mol. The molecule has 112 valence electrons. The smallest absolute Gasteiger partial charge is 0.331 e. The maximum atomic E-state index is 12.0. The number of aryl methyl sites for hydroxylation is 2. The molecule has 0 spiro atoms. The number of carbonyl (C=O) groups is 2. The van der Waals surface area contributed by atoms with Gasteiger partial charge in [0.25, 0.3) is 5.91 Å². The van der Waals surface area contributed by atoms with Crippen LogP contribution in [0.25, 0.3) is 0 Å². The molecule has 0 aliphatic carbocycles. The SMILES string of the molecule is Cc1cc(C(=O)Nc2cnn(C(C)(C)C(=O)O)c2)nn1C. The number of rotatable bonds is 4. The molecule has 8 nitrogen and oxygen atoms in total. The van der Waals surface area contributed by atoms with Gasteiger partial charge in [-0.1, -0.05) is 0 Å². The summed E-state index contributed by atoms with van der Waals surface area (Å²) in [4.78, 5) is 23.2. The lowest BCUT2D eigenvalue weighted by Gasteiger charge is -2.19. The van der Waals surface area contributed by atoms with E-state index in [-0.39, 0.29) is 5.91 Å². The molecule has 0 aliphatic rings. The quantitative estimate of drug-likeness (QED) is 0.874. The van der Waals surface area contributed by atoms with Gasteiger partial charge in [-0.2, -0.15) is 10.2 Å². The number of nitrogens with one attached hydrogen (secondary N) is 1. The predicted octanol–water partition coefficient (Wildman–Crippen LogP) is 0.997. The molecular weight excluding hydrogens is 274 g/mol. The van der Waals surface area contributed by atoms with Crippen LogP contribution in [0.2, 0.25) is 0 Å². The van der Waals surface area contributed by atoms with Crippen molar-refractivity contribution in [3.63, 3.8) is 0 Å². The van der Waals surface area contributed by atoms with Crippen molar-refractivity contribution in [1.29, 1.82) is 0 Å². The molecule has 1 amide bonds. The van der Waals surface area contributed by atoms with E-state index in [2.05, 4.69) is 15.5 Å². The van der Waals surface area contributed by atoms with Crippen molar-refractivity contribution in [2.45, 2.75) is 26.3 Å². The number of aliphatic carboxylic acids is 1. The van der Waals surface area contributed by atoms with Crippen molar-refractivity contribution >= 4 is 17.6 Å². The van der Waals surface area contributed by atoms with Crippen LogP contribution in [0.1, 0.15) is 30.0 Å². The maximum Gasteiger partial charge on any atom is 0.331 e. The number of amides is 1. The molecule has 2 aromatic heterocycles. The highest BCUT2D eigenvalue weighted by Gasteiger charge is 2.30. The first-order valence-corrected chi connectivity index (χ1v) is 6.32. The fraction of sp³-hybridized carbons (Fsp3) is 0.385. The Kier molecular flexibility index (Phi) is 3.54. The van der Waals surface area contributed by atoms with Gasteiger partial charge in [-0.15, -0.1) is 0 Å². The van der Waals surface area contributed by atoms with E-state index < -0.39 is 11.5 Å². The molecule has 21 heavy (non-hydrogen) atoms. The van der Waals surface area contributed by atoms with Crippen LogP contribution in [-0.2, 0) is 17.4 Å². The number of anilines is 1. The number of nitrogens with zero attached hydrogens (tertiary/aromatic N) is 4. The molecule has 0 aromatic carbocycles. The number of carboxylic acids is 1. The Hall–Kier alpha value is -2.64. The Balaban J connectivity index is 2.16. The van der Waals surface area contributed by atoms with Crippen LogP contribution < -0.4 is 5.32 Å². The molecular formula is C13H17N5O3. The number of aromatic nitrogens is 4. The van der Waals surface area contributed by atoms with Crippen molar-refractivity contribution < 1.29 is 14.7 Å². The molecule has 0 unspecified atom stereocenters. The lowest BCUT2D eigenvalue weighted by Crippen LogP contribution is -2.35. The minimum atomic E-state index is -1.19. The average molecular weight is 291 g/mol. The van der Waals surface area contributed by atoms with Crippen molar-refractivity contribution in [2.24, 2.45) is 7.05 Å². The second-order valence-electron chi connectivity index (χ2n) is 5.29. The zero-order chi connectivity index (χ0) is 15.8. The highest BCUT2D eigenvalue weighted by Crippen LogP contribution is 2.17. The molecule has 2 aromatic rings. The highest BCUT2D eigenvalue weighted by atomic mass is 16.4. The van der Waals surface area contributed by atoms with E-state index in [1.54, 1.807) is 17.8 Å². The largest absolute Gasteiger partial charge is 0.479 e. The molecule has 0 bridgehead atoms. The van der Waals surface area contributed by atoms with Crippen LogP contribution in [-0.4, -0.2) is 36.5 Å². The summed E-state index contributed by atoms with van der Waals surface area (Å²) in [5.74, 6) is -1.38. The molecule has 0 fully saturated rings. The third-order valence-corrected chi connectivity index (χ3v) is 3.28. The first-order chi connectivity index (χ1) is 9.71. The third kappa shape index (κ3) is 2.78. The zero-order valence-corrected chi connectivity index (χ0v) is 12.3. The molecule has 2 N–H and O–H groups in total. The molecule has 0 saturated carbocycles. The zero-order valence-electron chi connectivity index (χ0n) is 12.3. The Morgan fingerprint density at radius 1 is 1.38 bits per heavy atom. The van der Waals surface area contributed by atoms with E-state index in [1.807, 2.05) is 6.92 Å². The first-order valence-electron chi connectivity index (χ1n) is 6.32. The summed E-state index contributed by atoms with van der Waals surface area (Å²) in [5, 5.41) is 19.8. The Morgan fingerprint density at radius 2 is 2.05 bits per heavy atom. The van der Waals surface area contributed by atoms with Crippen LogP contribution in [0.4, 0.5) is 5.69 Å². The lowest BCUT2D eigenvalue weighted by atomic mass is 10.1. The molecule has 8 heteroatoms. The number of carbonyl (C=O) groups excluding carboxylic acids is 1. The van der Waals surface area contributed by atoms with E-state index in [9.17, 15) is 9.59 Å². The van der Waals surface area contributed by atoms with E-state index in [0.717, 1.165) is 5.69 Å². The van der Waals surface area contributed by atoms with Crippen molar-refractivity contribution in [1.82, 2.24) is 19.6 Å². The van der Waals surface area contributed by atoms with Crippen LogP contribution in [0, 0.1) is 6.92 Å². The van der Waals surface area contributed by atoms with Crippen LogP contribution in [0.3, 0.4) is 0 Å². The second kappa shape index (κ2) is 5.04. The van der Waals surface area contributed by atoms with E-state index in [4.69, 9.17) is 5.11 Å². The maximum absolute atomic E-state index is 12.0. The van der Waals surface area contributed by atoms with Crippen LogP contribution in [0.5, 0.6) is 0 Å². The summed E-state index contributed by atoms with van der Waals surface area (Å²) in [5.41, 5.74) is 0.380. The van der Waals surface area contributed by atoms with Crippen molar-refractivity contribution in [2.75, 3.05) is 5.32 Å². The molecule has 0 saturated heterocycles. The van der Waals surface area contributed by atoms with Crippen molar-refractivity contribution in [3.8, 4) is 0 Å². The minimum Gasteiger partial charge on any atom is -0.479 e. The minimum absolute atomic E-state index is 0.292. The molecule has 0 radical (unpaired) electrons. The van der Waals surface area contributed by atoms with Gasteiger partial charge in [0, 0.05) is 18.9 Å². The van der Waals surface area contributed by atoms with Crippen LogP contribution >= 0.6 is 0 Å². The van der Waals surface area contributed by atoms with Gasteiger partial charge in [0.05, 0.1) is 11.9 Å². The number of hydrogen-bond donors (Lipinski definition) is 2. The third-order valence-electron chi connectivity index (χ3n) is 3.28. The summed E-state index contributed by atoms with van der Waals surface area (Å²) in [7, 11) is 1.75. The summed E-state index contributed by atoms with van der Waals surface area (Å²) in [6.45, 7) is 4.89.